The normalized spacial score (nSPS) is 20.8. The third-order valence-electron chi connectivity index (χ3n) is 3.21. The van der Waals surface area contributed by atoms with Gasteiger partial charge in [-0.3, -0.25) is 0 Å². The highest BCUT2D eigenvalue weighted by molar-refractivity contribution is 6.32. The molecule has 2 unspecified atom stereocenters. The first-order valence-corrected chi connectivity index (χ1v) is 6.22. The van der Waals surface area contributed by atoms with Gasteiger partial charge in [-0.05, 0) is 24.1 Å². The molecular weight excluding hydrogens is 256 g/mol. The second-order valence-electron chi connectivity index (χ2n) is 4.31. The Balaban J connectivity index is 2.30. The maximum Gasteiger partial charge on any atom is 0.179 e. The molecule has 1 aromatic rings. The molecule has 100 valence electrons. The van der Waals surface area contributed by atoms with Crippen molar-refractivity contribution in [3.05, 3.63) is 22.7 Å². The zero-order valence-corrected chi connectivity index (χ0v) is 11.2. The van der Waals surface area contributed by atoms with Gasteiger partial charge in [-0.1, -0.05) is 11.6 Å². The van der Waals surface area contributed by atoms with Crippen molar-refractivity contribution in [1.82, 2.24) is 0 Å². The van der Waals surface area contributed by atoms with E-state index in [0.29, 0.717) is 29.7 Å². The fourth-order valence-electron chi connectivity index (χ4n) is 2.18. The minimum atomic E-state index is -0.593. The number of hydrogen-bond donors (Lipinski definition) is 1. The van der Waals surface area contributed by atoms with Gasteiger partial charge >= 0.3 is 0 Å². The third-order valence-corrected chi connectivity index (χ3v) is 3.49. The number of aliphatic hydroxyl groups is 1. The van der Waals surface area contributed by atoms with Gasteiger partial charge in [-0.2, -0.15) is 0 Å². The topological polar surface area (TPSA) is 47.9 Å². The Morgan fingerprint density at radius 3 is 2.72 bits per heavy atom. The molecule has 2 rings (SSSR count). The van der Waals surface area contributed by atoms with Crippen LogP contribution in [-0.4, -0.2) is 32.5 Å². The van der Waals surface area contributed by atoms with Crippen molar-refractivity contribution in [1.29, 1.82) is 0 Å². The van der Waals surface area contributed by atoms with Crippen LogP contribution in [0.3, 0.4) is 0 Å². The quantitative estimate of drug-likeness (QED) is 0.915. The number of rotatable bonds is 4. The molecule has 0 bridgehead atoms. The number of ether oxygens (including phenoxy) is 3. The lowest BCUT2D eigenvalue weighted by molar-refractivity contribution is 0.0915. The summed E-state index contributed by atoms with van der Waals surface area (Å²) in [5, 5.41) is 10.7. The molecule has 0 amide bonds. The monoisotopic (exact) mass is 272 g/mol. The van der Waals surface area contributed by atoms with E-state index in [1.165, 1.54) is 7.11 Å². The molecular formula is C13H17ClO4. The summed E-state index contributed by atoms with van der Waals surface area (Å²) < 4.78 is 15.7. The average Bonchev–Trinajstić information content (AvgIpc) is 2.90. The molecule has 1 aliphatic heterocycles. The highest BCUT2D eigenvalue weighted by Crippen LogP contribution is 2.39. The summed E-state index contributed by atoms with van der Waals surface area (Å²) in [6.45, 7) is 1.27. The molecule has 1 aromatic carbocycles. The van der Waals surface area contributed by atoms with Crippen LogP contribution in [0.4, 0.5) is 0 Å². The smallest absolute Gasteiger partial charge is 0.179 e. The van der Waals surface area contributed by atoms with Crippen LogP contribution in [0.15, 0.2) is 12.1 Å². The van der Waals surface area contributed by atoms with E-state index in [1.807, 2.05) is 0 Å². The predicted octanol–water partition coefficient (Wildman–Crippen LogP) is 2.43. The molecule has 1 heterocycles. The highest BCUT2D eigenvalue weighted by atomic mass is 35.5. The van der Waals surface area contributed by atoms with Crippen LogP contribution < -0.4 is 9.47 Å². The van der Waals surface area contributed by atoms with E-state index >= 15 is 0 Å². The van der Waals surface area contributed by atoms with Crippen molar-refractivity contribution in [2.45, 2.75) is 12.5 Å². The van der Waals surface area contributed by atoms with Crippen LogP contribution in [0.25, 0.3) is 0 Å². The summed E-state index contributed by atoms with van der Waals surface area (Å²) >= 11 is 6.12. The van der Waals surface area contributed by atoms with Crippen LogP contribution in [-0.2, 0) is 4.74 Å². The fourth-order valence-corrected chi connectivity index (χ4v) is 2.48. The largest absolute Gasteiger partial charge is 0.493 e. The number of aliphatic hydroxyl groups excluding tert-OH is 1. The summed E-state index contributed by atoms with van der Waals surface area (Å²) in [5.41, 5.74) is 0.730. The Morgan fingerprint density at radius 2 is 2.17 bits per heavy atom. The average molecular weight is 273 g/mol. The maximum atomic E-state index is 10.3. The Hall–Kier alpha value is -0.970. The first-order chi connectivity index (χ1) is 8.67. The van der Waals surface area contributed by atoms with Crippen LogP contribution in [0, 0.1) is 5.92 Å². The molecule has 0 radical (unpaired) electrons. The van der Waals surface area contributed by atoms with Gasteiger partial charge in [0.15, 0.2) is 11.5 Å². The number of benzene rings is 1. The SMILES string of the molecule is COc1cc(C(O)C2CCOC2)cc(Cl)c1OC. The van der Waals surface area contributed by atoms with Crippen molar-refractivity contribution in [3.63, 3.8) is 0 Å². The van der Waals surface area contributed by atoms with Crippen LogP contribution >= 0.6 is 11.6 Å². The van der Waals surface area contributed by atoms with Crippen molar-refractivity contribution >= 4 is 11.6 Å². The molecule has 0 saturated carbocycles. The summed E-state index contributed by atoms with van der Waals surface area (Å²) in [7, 11) is 3.08. The van der Waals surface area contributed by atoms with Crippen LogP contribution in [0.5, 0.6) is 11.5 Å². The standard InChI is InChI=1S/C13H17ClO4/c1-16-11-6-9(5-10(14)13(11)17-2)12(15)8-3-4-18-7-8/h5-6,8,12,15H,3-4,7H2,1-2H3. The lowest BCUT2D eigenvalue weighted by Crippen LogP contribution is -2.12. The first kappa shape index (κ1) is 13.5. The number of hydrogen-bond acceptors (Lipinski definition) is 4. The van der Waals surface area contributed by atoms with Crippen molar-refractivity contribution in [2.24, 2.45) is 5.92 Å². The Bertz CT molecular complexity index is 416. The third kappa shape index (κ3) is 2.55. The Kier molecular flexibility index (Phi) is 4.32. The number of methoxy groups -OCH3 is 2. The Morgan fingerprint density at radius 1 is 1.39 bits per heavy atom. The second kappa shape index (κ2) is 5.78. The van der Waals surface area contributed by atoms with Gasteiger partial charge in [-0.15, -0.1) is 0 Å². The Labute approximate surface area is 111 Å². The van der Waals surface area contributed by atoms with E-state index < -0.39 is 6.10 Å². The molecule has 1 saturated heterocycles. The van der Waals surface area contributed by atoms with Gasteiger partial charge in [0.2, 0.25) is 0 Å². The lowest BCUT2D eigenvalue weighted by Gasteiger charge is -2.19. The van der Waals surface area contributed by atoms with Gasteiger partial charge in [0, 0.05) is 12.5 Å². The van der Waals surface area contributed by atoms with Crippen molar-refractivity contribution in [2.75, 3.05) is 27.4 Å². The van der Waals surface area contributed by atoms with E-state index in [2.05, 4.69) is 0 Å². The molecule has 5 heteroatoms. The second-order valence-corrected chi connectivity index (χ2v) is 4.71. The van der Waals surface area contributed by atoms with Crippen molar-refractivity contribution < 1.29 is 19.3 Å². The zero-order valence-electron chi connectivity index (χ0n) is 10.5. The molecule has 2 atom stereocenters. The van der Waals surface area contributed by atoms with E-state index in [1.54, 1.807) is 19.2 Å². The first-order valence-electron chi connectivity index (χ1n) is 5.84. The number of halogens is 1. The summed E-state index contributed by atoms with van der Waals surface area (Å²) in [5.74, 6) is 1.12. The van der Waals surface area contributed by atoms with Crippen molar-refractivity contribution in [3.8, 4) is 11.5 Å². The molecule has 1 fully saturated rings. The molecule has 4 nitrogen and oxygen atoms in total. The van der Waals surface area contributed by atoms with Crippen LogP contribution in [0.1, 0.15) is 18.1 Å². The molecule has 1 aliphatic rings. The molecule has 0 aliphatic carbocycles. The summed E-state index contributed by atoms with van der Waals surface area (Å²) in [6.07, 6.45) is 0.262. The van der Waals surface area contributed by atoms with E-state index in [0.717, 1.165) is 12.0 Å². The van der Waals surface area contributed by atoms with E-state index in [4.69, 9.17) is 25.8 Å². The molecule has 18 heavy (non-hydrogen) atoms. The summed E-state index contributed by atoms with van der Waals surface area (Å²) in [4.78, 5) is 0. The summed E-state index contributed by atoms with van der Waals surface area (Å²) in [6, 6.07) is 3.47. The van der Waals surface area contributed by atoms with Crippen LogP contribution in [0.2, 0.25) is 5.02 Å². The fraction of sp³-hybridized carbons (Fsp3) is 0.538. The van der Waals surface area contributed by atoms with Gasteiger partial charge in [0.05, 0.1) is 32.0 Å². The highest BCUT2D eigenvalue weighted by Gasteiger charge is 2.26. The molecule has 1 N–H and O–H groups in total. The maximum absolute atomic E-state index is 10.3. The minimum absolute atomic E-state index is 0.110. The van der Waals surface area contributed by atoms with E-state index in [-0.39, 0.29) is 5.92 Å². The zero-order chi connectivity index (χ0) is 13.1. The van der Waals surface area contributed by atoms with Gasteiger partial charge in [0.25, 0.3) is 0 Å². The molecule has 0 aromatic heterocycles. The van der Waals surface area contributed by atoms with Gasteiger partial charge in [0.1, 0.15) is 0 Å². The lowest BCUT2D eigenvalue weighted by atomic mass is 9.95. The minimum Gasteiger partial charge on any atom is -0.493 e. The predicted molar refractivity (Wildman–Crippen MR) is 68.4 cm³/mol. The van der Waals surface area contributed by atoms with E-state index in [9.17, 15) is 5.11 Å². The molecule has 0 spiro atoms. The van der Waals surface area contributed by atoms with Gasteiger partial charge < -0.3 is 19.3 Å². The van der Waals surface area contributed by atoms with Gasteiger partial charge in [-0.25, -0.2) is 0 Å².